The van der Waals surface area contributed by atoms with Crippen LogP contribution in [0.2, 0.25) is 0 Å². The molecular weight excluding hydrogens is 158 g/mol. The van der Waals surface area contributed by atoms with E-state index in [1.807, 2.05) is 6.92 Å². The molecule has 1 amide bonds. The summed E-state index contributed by atoms with van der Waals surface area (Å²) in [5, 5.41) is 10.9. The van der Waals surface area contributed by atoms with E-state index in [1.54, 1.807) is 7.11 Å². The fourth-order valence-electron chi connectivity index (χ4n) is 1.07. The van der Waals surface area contributed by atoms with Gasteiger partial charge in [-0.1, -0.05) is 13.3 Å². The van der Waals surface area contributed by atoms with Crippen LogP contribution in [0.15, 0.2) is 0 Å². The van der Waals surface area contributed by atoms with Gasteiger partial charge in [0.2, 0.25) is 0 Å². The second kappa shape index (κ2) is 6.91. The Balaban J connectivity index is 3.61. The molecule has 72 valence electrons. The summed E-state index contributed by atoms with van der Waals surface area (Å²) in [4.78, 5) is 10.3. The van der Waals surface area contributed by atoms with Crippen LogP contribution in [0.3, 0.4) is 0 Å². The van der Waals surface area contributed by atoms with Crippen LogP contribution in [0.4, 0.5) is 4.79 Å². The highest BCUT2D eigenvalue weighted by Crippen LogP contribution is 2.01. The Morgan fingerprint density at radius 2 is 2.25 bits per heavy atom. The van der Waals surface area contributed by atoms with Gasteiger partial charge in [0, 0.05) is 19.8 Å². The molecular formula is C8H17NO3. The van der Waals surface area contributed by atoms with Gasteiger partial charge in [-0.15, -0.1) is 0 Å². The summed E-state index contributed by atoms with van der Waals surface area (Å²) in [5.41, 5.74) is 0. The average molecular weight is 175 g/mol. The van der Waals surface area contributed by atoms with Crippen molar-refractivity contribution in [1.82, 2.24) is 5.32 Å². The number of carbonyl (C=O) groups is 1. The Morgan fingerprint density at radius 1 is 1.58 bits per heavy atom. The van der Waals surface area contributed by atoms with E-state index in [1.165, 1.54) is 0 Å². The summed E-state index contributed by atoms with van der Waals surface area (Å²) >= 11 is 0. The van der Waals surface area contributed by atoms with E-state index >= 15 is 0 Å². The fraction of sp³-hybridized carbons (Fsp3) is 0.875. The van der Waals surface area contributed by atoms with Gasteiger partial charge < -0.3 is 15.2 Å². The molecule has 0 saturated heterocycles. The van der Waals surface area contributed by atoms with Gasteiger partial charge in [-0.3, -0.25) is 0 Å². The maximum Gasteiger partial charge on any atom is 0.404 e. The molecule has 0 aliphatic heterocycles. The molecule has 0 aromatic rings. The summed E-state index contributed by atoms with van der Waals surface area (Å²) in [6, 6.07) is 0.0347. The van der Waals surface area contributed by atoms with Crippen molar-refractivity contribution in [3.8, 4) is 0 Å². The lowest BCUT2D eigenvalue weighted by Crippen LogP contribution is -2.34. The van der Waals surface area contributed by atoms with E-state index in [0.717, 1.165) is 19.3 Å². The van der Waals surface area contributed by atoms with Gasteiger partial charge in [0.05, 0.1) is 0 Å². The van der Waals surface area contributed by atoms with Gasteiger partial charge in [0.1, 0.15) is 0 Å². The van der Waals surface area contributed by atoms with Crippen molar-refractivity contribution < 1.29 is 14.6 Å². The summed E-state index contributed by atoms with van der Waals surface area (Å²) in [7, 11) is 1.61. The van der Waals surface area contributed by atoms with Crippen molar-refractivity contribution in [2.24, 2.45) is 0 Å². The highest BCUT2D eigenvalue weighted by atomic mass is 16.5. The lowest BCUT2D eigenvalue weighted by atomic mass is 10.1. The molecule has 0 fully saturated rings. The second-order valence-corrected chi connectivity index (χ2v) is 2.72. The highest BCUT2D eigenvalue weighted by molar-refractivity contribution is 5.64. The predicted molar refractivity (Wildman–Crippen MR) is 46.3 cm³/mol. The first-order valence-corrected chi connectivity index (χ1v) is 4.19. The van der Waals surface area contributed by atoms with Crippen molar-refractivity contribution in [2.75, 3.05) is 13.7 Å². The van der Waals surface area contributed by atoms with Crippen LogP contribution >= 0.6 is 0 Å². The van der Waals surface area contributed by atoms with E-state index in [-0.39, 0.29) is 6.04 Å². The quantitative estimate of drug-likeness (QED) is 0.642. The first-order valence-electron chi connectivity index (χ1n) is 4.19. The van der Waals surface area contributed by atoms with E-state index in [2.05, 4.69) is 5.32 Å². The van der Waals surface area contributed by atoms with E-state index in [9.17, 15) is 4.79 Å². The third kappa shape index (κ3) is 5.97. The molecule has 0 radical (unpaired) electrons. The molecule has 0 spiro atoms. The van der Waals surface area contributed by atoms with E-state index in [4.69, 9.17) is 9.84 Å². The molecule has 1 unspecified atom stereocenters. The average Bonchev–Trinajstić information content (AvgIpc) is 2.00. The second-order valence-electron chi connectivity index (χ2n) is 2.72. The molecule has 1 atom stereocenters. The fourth-order valence-corrected chi connectivity index (χ4v) is 1.07. The number of amides is 1. The minimum absolute atomic E-state index is 0.0347. The van der Waals surface area contributed by atoms with Crippen LogP contribution < -0.4 is 5.32 Å². The number of methoxy groups -OCH3 is 1. The third-order valence-electron chi connectivity index (χ3n) is 1.64. The van der Waals surface area contributed by atoms with Gasteiger partial charge in [0.15, 0.2) is 0 Å². The first kappa shape index (κ1) is 11.2. The van der Waals surface area contributed by atoms with Gasteiger partial charge in [0.25, 0.3) is 0 Å². The SMILES string of the molecule is CCCC(CCOC)NC(=O)O. The Hall–Kier alpha value is -0.770. The van der Waals surface area contributed by atoms with Crippen LogP contribution in [0.1, 0.15) is 26.2 Å². The molecule has 0 aromatic heterocycles. The molecule has 0 rings (SSSR count). The van der Waals surface area contributed by atoms with E-state index in [0.29, 0.717) is 6.61 Å². The van der Waals surface area contributed by atoms with Gasteiger partial charge in [-0.05, 0) is 12.8 Å². The molecule has 4 nitrogen and oxygen atoms in total. The minimum Gasteiger partial charge on any atom is -0.465 e. The lowest BCUT2D eigenvalue weighted by molar-refractivity contribution is 0.168. The smallest absolute Gasteiger partial charge is 0.404 e. The molecule has 0 aliphatic carbocycles. The number of nitrogens with one attached hydrogen (secondary N) is 1. The topological polar surface area (TPSA) is 58.6 Å². The zero-order valence-electron chi connectivity index (χ0n) is 7.67. The zero-order chi connectivity index (χ0) is 9.40. The zero-order valence-corrected chi connectivity index (χ0v) is 7.67. The summed E-state index contributed by atoms with van der Waals surface area (Å²) in [5.74, 6) is 0. The van der Waals surface area contributed by atoms with Crippen molar-refractivity contribution in [3.63, 3.8) is 0 Å². The minimum atomic E-state index is -0.954. The molecule has 0 aromatic carbocycles. The van der Waals surface area contributed by atoms with Crippen LogP contribution in [0, 0.1) is 0 Å². The standard InChI is InChI=1S/C8H17NO3/c1-3-4-7(5-6-12-2)9-8(10)11/h7,9H,3-6H2,1-2H3,(H,10,11). The summed E-state index contributed by atoms with van der Waals surface area (Å²) in [6.07, 6.45) is 1.64. The monoisotopic (exact) mass is 175 g/mol. The third-order valence-corrected chi connectivity index (χ3v) is 1.64. The summed E-state index contributed by atoms with van der Waals surface area (Å²) < 4.78 is 4.87. The van der Waals surface area contributed by atoms with Gasteiger partial charge >= 0.3 is 6.09 Å². The predicted octanol–water partition coefficient (Wildman–Crippen LogP) is 1.46. The molecule has 12 heavy (non-hydrogen) atoms. The van der Waals surface area contributed by atoms with Crippen molar-refractivity contribution in [2.45, 2.75) is 32.2 Å². The Kier molecular flexibility index (Phi) is 6.47. The van der Waals surface area contributed by atoms with Gasteiger partial charge in [-0.25, -0.2) is 4.79 Å². The van der Waals surface area contributed by atoms with Crippen molar-refractivity contribution in [1.29, 1.82) is 0 Å². The number of ether oxygens (including phenoxy) is 1. The Labute approximate surface area is 72.9 Å². The van der Waals surface area contributed by atoms with Crippen molar-refractivity contribution in [3.05, 3.63) is 0 Å². The maximum absolute atomic E-state index is 10.3. The molecule has 0 bridgehead atoms. The van der Waals surface area contributed by atoms with Crippen LogP contribution in [0.5, 0.6) is 0 Å². The number of hydrogen-bond donors (Lipinski definition) is 2. The number of carboxylic acid groups (broad SMARTS) is 1. The summed E-state index contributed by atoms with van der Waals surface area (Å²) in [6.45, 7) is 2.63. The van der Waals surface area contributed by atoms with Crippen LogP contribution in [0.25, 0.3) is 0 Å². The molecule has 2 N–H and O–H groups in total. The molecule has 0 aliphatic rings. The Bertz CT molecular complexity index is 127. The maximum atomic E-state index is 10.3. The highest BCUT2D eigenvalue weighted by Gasteiger charge is 2.09. The normalized spacial score (nSPS) is 12.5. The van der Waals surface area contributed by atoms with Crippen molar-refractivity contribution >= 4 is 6.09 Å². The molecule has 0 heterocycles. The Morgan fingerprint density at radius 3 is 2.67 bits per heavy atom. The first-order chi connectivity index (χ1) is 5.70. The van der Waals surface area contributed by atoms with Gasteiger partial charge in [-0.2, -0.15) is 0 Å². The largest absolute Gasteiger partial charge is 0.465 e. The molecule has 0 saturated carbocycles. The molecule has 4 heteroatoms. The number of hydrogen-bond acceptors (Lipinski definition) is 2. The van der Waals surface area contributed by atoms with Crippen LogP contribution in [-0.4, -0.2) is 31.0 Å². The van der Waals surface area contributed by atoms with E-state index < -0.39 is 6.09 Å². The lowest BCUT2D eigenvalue weighted by Gasteiger charge is -2.14. The van der Waals surface area contributed by atoms with Crippen LogP contribution in [-0.2, 0) is 4.74 Å². The number of rotatable bonds is 6.